The van der Waals surface area contributed by atoms with E-state index in [-0.39, 0.29) is 151 Å². The number of amides is 10. The molecule has 2 rings (SSSR count). The van der Waals surface area contributed by atoms with E-state index < -0.39 is 149 Å². The standard InChI is InChI=1S/C61H108N26O13S2/c1-6-32(4)44(62)54(97)81-39(21-14-26-77-61(71)72)50(93)87-45(33(5)88)55(98)82-38(20-13-25-76-60(69)70)48(91)85-42-29-101-102-30-43(56(99)100)86-49(92)37(19-12-24-75-59(67)68)78-46(89)35(17-10-22-73-57(63)64)79-51(94)40(27-31(2)3)83-52(95)41(28-34-15-8-7-9-16-34)84-47(90)36(80-53(42)96)18-11-23-74-58(65)66/h7-9,15-16,31-33,35-45,88H,6,10-14,17-30,62H2,1-5H3,(H,78,89)(H,79,94)(H,80,96)(H,81,97)(H,82,98)(H,83,95)(H,84,90)(H,85,91)(H,86,92)(H,87,93)(H,99,100)(H4,63,64,73)(H4,65,66,74)(H4,67,68,75)(H4,69,70,76)(H4,71,72,77)/t32-,33+,35-,36?,37-,38-,39-,40-,41-,42?,43?,44-,45-/m0/s1. The van der Waals surface area contributed by atoms with Gasteiger partial charge in [-0.2, -0.15) is 0 Å². The highest BCUT2D eigenvalue weighted by molar-refractivity contribution is 8.76. The van der Waals surface area contributed by atoms with Crippen molar-refractivity contribution >= 4 is 116 Å². The van der Waals surface area contributed by atoms with Crippen LogP contribution in [0.2, 0.25) is 0 Å². The first kappa shape index (κ1) is 88.4. The van der Waals surface area contributed by atoms with Crippen LogP contribution in [0.3, 0.4) is 0 Å². The molecule has 1 aromatic carbocycles. The van der Waals surface area contributed by atoms with Gasteiger partial charge in [0, 0.05) is 50.7 Å². The fraction of sp³-hybridized carbons (Fsp3) is 0.639. The lowest BCUT2D eigenvalue weighted by molar-refractivity contribution is -0.141. The molecular formula is C61H108N26O13S2. The molecule has 13 atom stereocenters. The minimum Gasteiger partial charge on any atom is -0.480 e. The highest BCUT2D eigenvalue weighted by Gasteiger charge is 2.38. The van der Waals surface area contributed by atoms with Crippen LogP contribution in [-0.4, -0.2) is 222 Å². The normalized spacial score (nSPS) is 20.6. The summed E-state index contributed by atoms with van der Waals surface area (Å²) in [6, 6.07) is -8.22. The van der Waals surface area contributed by atoms with Gasteiger partial charge < -0.3 is 126 Å². The van der Waals surface area contributed by atoms with Crippen LogP contribution < -0.4 is 116 Å². The van der Waals surface area contributed by atoms with E-state index in [0.717, 1.165) is 21.6 Å². The fourth-order valence-electron chi connectivity index (χ4n) is 9.82. The fourth-order valence-corrected chi connectivity index (χ4v) is 12.1. The number of hydrogen-bond acceptors (Lipinski definition) is 20. The molecule has 34 N–H and O–H groups in total. The number of aliphatic hydroxyl groups excluding tert-OH is 1. The zero-order valence-corrected chi connectivity index (χ0v) is 60.0. The Balaban J connectivity index is 2.96. The number of nitrogens with zero attached hydrogens (tertiary/aromatic N) is 5. The van der Waals surface area contributed by atoms with Crippen LogP contribution >= 0.6 is 21.6 Å². The zero-order valence-electron chi connectivity index (χ0n) is 58.4. The number of benzene rings is 1. The number of carbonyl (C=O) groups excluding carboxylic acids is 10. The SMILES string of the molecule is CC[C@H](C)[C@H](N)C(=O)N[C@@H](CCCN=C(N)N)C(=O)N[C@H](C(=O)N[C@@H](CCCN=C(N)N)C(=O)NC1CSSCC(C(=O)O)NC(=O)[C@H](CCCN=C(N)N)NC(=O)[C@H](CCCN=C(N)N)NC(=O)[C@H](CC(C)C)NC(=O)[C@H](Cc2ccccc2)NC(=O)C(CCCN=C(N)N)NC1=O)[C@@H](C)O. The van der Waals surface area contributed by atoms with Gasteiger partial charge in [0.2, 0.25) is 59.1 Å². The smallest absolute Gasteiger partial charge is 0.327 e. The molecule has 39 nitrogen and oxygen atoms in total. The minimum absolute atomic E-state index is 0.00283. The number of hydrogen-bond donors (Lipinski definition) is 23. The van der Waals surface area contributed by atoms with Crippen molar-refractivity contribution in [3.8, 4) is 0 Å². The van der Waals surface area contributed by atoms with Crippen LogP contribution in [0, 0.1) is 11.8 Å². The maximum atomic E-state index is 15.1. The number of aliphatic imine (C=N–C) groups is 5. The predicted octanol–water partition coefficient (Wildman–Crippen LogP) is -7.37. The number of aliphatic carboxylic acids is 1. The molecule has 1 aliphatic heterocycles. The average molecular weight is 1480 g/mol. The Kier molecular flexibility index (Phi) is 41.2. The van der Waals surface area contributed by atoms with E-state index in [9.17, 15) is 58.2 Å². The maximum Gasteiger partial charge on any atom is 0.327 e. The summed E-state index contributed by atoms with van der Waals surface area (Å²) in [5, 5.41) is 47.7. The molecule has 10 amide bonds. The molecule has 0 radical (unpaired) electrons. The van der Waals surface area contributed by atoms with Crippen LogP contribution in [-0.2, 0) is 59.2 Å². The van der Waals surface area contributed by atoms with Crippen molar-refractivity contribution in [3.63, 3.8) is 0 Å². The Morgan fingerprint density at radius 2 is 0.902 bits per heavy atom. The number of carboxylic acid groups (broad SMARTS) is 1. The number of carboxylic acids is 1. The Bertz CT molecular complexity index is 3050. The van der Waals surface area contributed by atoms with Crippen LogP contribution in [0.15, 0.2) is 55.3 Å². The largest absolute Gasteiger partial charge is 0.480 e. The molecular weight excluding hydrogens is 1370 g/mol. The predicted molar refractivity (Wildman–Crippen MR) is 390 cm³/mol. The van der Waals surface area contributed by atoms with E-state index in [1.807, 2.05) is 6.92 Å². The number of rotatable bonds is 36. The van der Waals surface area contributed by atoms with Gasteiger partial charge in [-0.05, 0) is 95.0 Å². The van der Waals surface area contributed by atoms with Crippen molar-refractivity contribution in [3.05, 3.63) is 35.9 Å². The zero-order chi connectivity index (χ0) is 76.6. The van der Waals surface area contributed by atoms with Crippen molar-refractivity contribution in [1.29, 1.82) is 0 Å². The van der Waals surface area contributed by atoms with Gasteiger partial charge in [0.05, 0.1) is 12.1 Å². The monoisotopic (exact) mass is 1480 g/mol. The molecule has 0 aliphatic carbocycles. The average Bonchev–Trinajstić information content (AvgIpc) is 0.865. The second kappa shape index (κ2) is 47.5. The van der Waals surface area contributed by atoms with Gasteiger partial charge in [-0.15, -0.1) is 0 Å². The van der Waals surface area contributed by atoms with Gasteiger partial charge in [-0.1, -0.05) is 86.0 Å². The molecule has 0 spiro atoms. The van der Waals surface area contributed by atoms with Gasteiger partial charge >= 0.3 is 5.97 Å². The maximum absolute atomic E-state index is 15.1. The first-order chi connectivity index (χ1) is 48.1. The second-order valence-corrected chi connectivity index (χ2v) is 27.2. The third kappa shape index (κ3) is 35.6. The summed E-state index contributed by atoms with van der Waals surface area (Å²) in [4.78, 5) is 178. The molecule has 572 valence electrons. The quantitative estimate of drug-likeness (QED) is 0.0128. The lowest BCUT2D eigenvalue weighted by Crippen LogP contribution is -2.62. The van der Waals surface area contributed by atoms with Gasteiger partial charge in [-0.3, -0.25) is 72.9 Å². The molecule has 0 bridgehead atoms. The van der Waals surface area contributed by atoms with E-state index in [2.05, 4.69) is 78.1 Å². The Morgan fingerprint density at radius 3 is 1.34 bits per heavy atom. The molecule has 3 unspecified atom stereocenters. The van der Waals surface area contributed by atoms with Crippen LogP contribution in [0.4, 0.5) is 0 Å². The third-order valence-electron chi connectivity index (χ3n) is 15.6. The molecule has 1 saturated heterocycles. The Morgan fingerprint density at radius 1 is 0.510 bits per heavy atom. The van der Waals surface area contributed by atoms with Crippen molar-refractivity contribution < 1.29 is 63.0 Å². The first-order valence-electron chi connectivity index (χ1n) is 33.4. The lowest BCUT2D eigenvalue weighted by Gasteiger charge is -2.29. The summed E-state index contributed by atoms with van der Waals surface area (Å²) >= 11 is 0. The van der Waals surface area contributed by atoms with Crippen molar-refractivity contribution in [2.75, 3.05) is 44.2 Å². The van der Waals surface area contributed by atoms with Crippen molar-refractivity contribution in [1.82, 2.24) is 53.2 Å². The minimum atomic E-state index is -1.82. The molecule has 41 heteroatoms. The summed E-state index contributed by atoms with van der Waals surface area (Å²) in [6.07, 6.45) is -1.94. The third-order valence-corrected chi connectivity index (χ3v) is 18.0. The van der Waals surface area contributed by atoms with E-state index in [1.54, 1.807) is 51.1 Å². The van der Waals surface area contributed by atoms with E-state index in [1.165, 1.54) is 6.92 Å². The number of carbonyl (C=O) groups is 11. The van der Waals surface area contributed by atoms with E-state index in [4.69, 9.17) is 63.1 Å². The van der Waals surface area contributed by atoms with E-state index >= 15 is 4.79 Å². The van der Waals surface area contributed by atoms with Crippen molar-refractivity contribution in [2.45, 2.75) is 191 Å². The van der Waals surface area contributed by atoms with Gasteiger partial charge in [0.25, 0.3) is 0 Å². The summed E-state index contributed by atoms with van der Waals surface area (Å²) in [7, 11) is 1.63. The van der Waals surface area contributed by atoms with Gasteiger partial charge in [-0.25, -0.2) is 4.79 Å². The van der Waals surface area contributed by atoms with Crippen LogP contribution in [0.1, 0.15) is 117 Å². The van der Waals surface area contributed by atoms with E-state index in [0.29, 0.717) is 12.0 Å². The van der Waals surface area contributed by atoms with Crippen LogP contribution in [0.5, 0.6) is 0 Å². The molecule has 102 heavy (non-hydrogen) atoms. The first-order valence-corrected chi connectivity index (χ1v) is 35.9. The summed E-state index contributed by atoms with van der Waals surface area (Å²) < 4.78 is 0. The number of nitrogens with two attached hydrogens (primary N) is 11. The lowest BCUT2D eigenvalue weighted by atomic mass is 9.98. The topological polar surface area (TPSA) is 697 Å². The van der Waals surface area contributed by atoms with Crippen LogP contribution in [0.25, 0.3) is 0 Å². The molecule has 1 aromatic rings. The molecule has 0 saturated carbocycles. The molecule has 1 fully saturated rings. The Labute approximate surface area is 600 Å². The second-order valence-electron chi connectivity index (χ2n) is 24.7. The van der Waals surface area contributed by atoms with Crippen molar-refractivity contribution in [2.24, 2.45) is 99.9 Å². The van der Waals surface area contributed by atoms with Gasteiger partial charge in [0.1, 0.15) is 60.4 Å². The molecule has 1 heterocycles. The molecule has 0 aromatic heterocycles. The highest BCUT2D eigenvalue weighted by Crippen LogP contribution is 2.24. The number of nitrogens with one attached hydrogen (secondary N) is 10. The summed E-state index contributed by atoms with van der Waals surface area (Å²) in [5.41, 5.74) is 62.4. The molecule has 1 aliphatic rings. The van der Waals surface area contributed by atoms with Gasteiger partial charge in [0.15, 0.2) is 29.8 Å². The number of guanidine groups is 5. The number of aliphatic hydroxyl groups is 1. The Hall–Kier alpha value is -9.64. The highest BCUT2D eigenvalue weighted by atomic mass is 33.1. The summed E-state index contributed by atoms with van der Waals surface area (Å²) in [5.74, 6) is -13.9. The summed E-state index contributed by atoms with van der Waals surface area (Å²) in [6.45, 7) is 8.08.